The van der Waals surface area contributed by atoms with Crippen LogP contribution in [0, 0.1) is 17.7 Å². The fourth-order valence-electron chi connectivity index (χ4n) is 4.63. The third kappa shape index (κ3) is 5.53. The second-order valence-corrected chi connectivity index (χ2v) is 9.65. The van der Waals surface area contributed by atoms with E-state index in [9.17, 15) is 14.0 Å². The number of carbonyl (C=O) groups is 2. The van der Waals surface area contributed by atoms with Crippen molar-refractivity contribution in [3.63, 3.8) is 0 Å². The number of aromatic nitrogens is 2. The number of amides is 2. The Hall–Kier alpha value is -4.52. The van der Waals surface area contributed by atoms with Gasteiger partial charge in [-0.3, -0.25) is 14.6 Å². The van der Waals surface area contributed by atoms with Crippen molar-refractivity contribution in [3.05, 3.63) is 53.7 Å². The van der Waals surface area contributed by atoms with Crippen LogP contribution in [-0.2, 0) is 11.2 Å². The molecule has 1 saturated heterocycles. The maximum atomic E-state index is 14.2. The van der Waals surface area contributed by atoms with E-state index in [1.807, 2.05) is 4.90 Å². The normalized spacial score (nSPS) is 14.8. The van der Waals surface area contributed by atoms with E-state index >= 15 is 0 Å². The first kappa shape index (κ1) is 27.5. The van der Waals surface area contributed by atoms with Crippen LogP contribution in [0.5, 0.6) is 11.5 Å². The Kier molecular flexibility index (Phi) is 8.10. The van der Waals surface area contributed by atoms with Crippen LogP contribution in [0.15, 0.2) is 36.7 Å². The minimum absolute atomic E-state index is 0.0382. The molecule has 9 nitrogen and oxygen atoms in total. The van der Waals surface area contributed by atoms with Crippen molar-refractivity contribution in [2.45, 2.75) is 39.2 Å². The molecule has 0 bridgehead atoms. The number of fused-ring (bicyclic) bond motifs is 1. The van der Waals surface area contributed by atoms with Crippen molar-refractivity contribution < 1.29 is 23.5 Å². The second kappa shape index (κ2) is 11.5. The molecule has 0 unspecified atom stereocenters. The summed E-state index contributed by atoms with van der Waals surface area (Å²) in [6.45, 7) is 7.21. The average molecular weight is 534 g/mol. The zero-order valence-corrected chi connectivity index (χ0v) is 22.7. The summed E-state index contributed by atoms with van der Waals surface area (Å²) in [5.41, 5.74) is 3.67. The third-order valence-electron chi connectivity index (χ3n) is 6.82. The molecular weight excluding hydrogens is 501 g/mol. The van der Waals surface area contributed by atoms with Crippen LogP contribution in [0.3, 0.4) is 0 Å². The van der Waals surface area contributed by atoms with Crippen LogP contribution < -0.4 is 20.1 Å². The summed E-state index contributed by atoms with van der Waals surface area (Å²) in [7, 11) is 2.95. The summed E-state index contributed by atoms with van der Waals surface area (Å²) in [6.07, 6.45) is 4.99. The monoisotopic (exact) mass is 533 g/mol. The third-order valence-corrected chi connectivity index (χ3v) is 6.82. The number of hydrogen-bond donors (Lipinski definition) is 3. The number of para-hydroxylation sites is 1. The van der Waals surface area contributed by atoms with Gasteiger partial charge in [-0.1, -0.05) is 12.0 Å². The van der Waals surface area contributed by atoms with Crippen molar-refractivity contribution in [2.75, 3.05) is 32.6 Å². The van der Waals surface area contributed by atoms with Gasteiger partial charge in [-0.05, 0) is 51.3 Å². The second-order valence-electron chi connectivity index (χ2n) is 9.65. The molecule has 0 spiro atoms. The number of nitrogens with zero attached hydrogens (tertiary/aromatic N) is 2. The zero-order chi connectivity index (χ0) is 28.2. The highest BCUT2D eigenvalue weighted by Gasteiger charge is 2.38. The number of methoxy groups -OCH3 is 2. The molecule has 1 aromatic carbocycles. The molecule has 4 heterocycles. The van der Waals surface area contributed by atoms with Crippen LogP contribution in [0.25, 0.3) is 11.3 Å². The Morgan fingerprint density at radius 3 is 2.67 bits per heavy atom. The van der Waals surface area contributed by atoms with Crippen LogP contribution in [0.2, 0.25) is 0 Å². The molecule has 0 atom stereocenters. The lowest BCUT2D eigenvalue weighted by Gasteiger charge is -2.47. The average Bonchev–Trinajstić information content (AvgIpc) is 3.28. The first-order valence-corrected chi connectivity index (χ1v) is 12.6. The number of aromatic amines is 1. The van der Waals surface area contributed by atoms with E-state index in [0.29, 0.717) is 41.3 Å². The Morgan fingerprint density at radius 2 is 2.03 bits per heavy atom. The summed E-state index contributed by atoms with van der Waals surface area (Å²) in [5, 5.41) is 6.04. The number of hydrogen-bond acceptors (Lipinski definition) is 6. The van der Waals surface area contributed by atoms with Gasteiger partial charge in [0.25, 0.3) is 11.8 Å². The molecule has 2 aliphatic heterocycles. The van der Waals surface area contributed by atoms with Gasteiger partial charge in [-0.25, -0.2) is 4.39 Å². The van der Waals surface area contributed by atoms with Gasteiger partial charge < -0.3 is 30.0 Å². The number of H-pyrrole nitrogens is 1. The number of halogens is 1. The number of carbonyl (C=O) groups excluding carboxylic acids is 2. The SMILES string of the molecule is CC#CC(=O)N1CCC1(C)C.COc1cnccc1-c1[nH]c2c(c1Nc1cccc(F)c1OC)C(=O)NCC2. The summed E-state index contributed by atoms with van der Waals surface area (Å²) in [5.74, 6) is 5.04. The molecule has 0 radical (unpaired) electrons. The summed E-state index contributed by atoms with van der Waals surface area (Å²) in [4.78, 5) is 33.0. The zero-order valence-electron chi connectivity index (χ0n) is 22.7. The van der Waals surface area contributed by atoms with Crippen LogP contribution in [-0.4, -0.2) is 59.5 Å². The maximum absolute atomic E-state index is 14.2. The van der Waals surface area contributed by atoms with Crippen molar-refractivity contribution in [3.8, 4) is 34.6 Å². The maximum Gasteiger partial charge on any atom is 0.298 e. The number of nitrogens with one attached hydrogen (secondary N) is 3. The minimum atomic E-state index is -0.496. The Morgan fingerprint density at radius 1 is 1.23 bits per heavy atom. The number of anilines is 2. The summed E-state index contributed by atoms with van der Waals surface area (Å²) < 4.78 is 24.8. The van der Waals surface area contributed by atoms with Crippen molar-refractivity contribution in [1.82, 2.24) is 20.2 Å². The lowest BCUT2D eigenvalue weighted by molar-refractivity contribution is -0.137. The lowest BCUT2D eigenvalue weighted by atomic mass is 9.89. The smallest absolute Gasteiger partial charge is 0.298 e. The molecule has 5 rings (SSSR count). The van der Waals surface area contributed by atoms with Crippen molar-refractivity contribution >= 4 is 23.2 Å². The van der Waals surface area contributed by atoms with Gasteiger partial charge in [0, 0.05) is 42.5 Å². The van der Waals surface area contributed by atoms with E-state index in [-0.39, 0.29) is 23.1 Å². The molecule has 204 valence electrons. The fourth-order valence-corrected chi connectivity index (χ4v) is 4.63. The highest BCUT2D eigenvalue weighted by Crippen LogP contribution is 2.41. The van der Waals surface area contributed by atoms with E-state index in [1.165, 1.54) is 13.2 Å². The molecule has 3 N–H and O–H groups in total. The molecule has 10 heteroatoms. The minimum Gasteiger partial charge on any atom is -0.494 e. The summed E-state index contributed by atoms with van der Waals surface area (Å²) >= 11 is 0. The van der Waals surface area contributed by atoms with Gasteiger partial charge in [0.2, 0.25) is 0 Å². The highest BCUT2D eigenvalue weighted by atomic mass is 19.1. The van der Waals surface area contributed by atoms with E-state index in [0.717, 1.165) is 24.2 Å². The number of likely N-dealkylation sites (tertiary alicyclic amines) is 1. The summed E-state index contributed by atoms with van der Waals surface area (Å²) in [6, 6.07) is 6.37. The van der Waals surface area contributed by atoms with E-state index in [2.05, 4.69) is 46.3 Å². The van der Waals surface area contributed by atoms with Gasteiger partial charge in [0.15, 0.2) is 11.6 Å². The van der Waals surface area contributed by atoms with E-state index in [1.54, 1.807) is 44.6 Å². The number of ether oxygens (including phenoxy) is 2. The molecule has 2 amide bonds. The Bertz CT molecular complexity index is 1450. The predicted octanol–water partition coefficient (Wildman–Crippen LogP) is 4.28. The molecule has 2 aromatic heterocycles. The van der Waals surface area contributed by atoms with Crippen LogP contribution in [0.1, 0.15) is 43.2 Å². The molecule has 0 aliphatic carbocycles. The van der Waals surface area contributed by atoms with Crippen LogP contribution >= 0.6 is 0 Å². The van der Waals surface area contributed by atoms with Gasteiger partial charge in [-0.15, -0.1) is 0 Å². The Labute approximate surface area is 227 Å². The van der Waals surface area contributed by atoms with Crippen molar-refractivity contribution in [2.24, 2.45) is 0 Å². The molecule has 1 fully saturated rings. The van der Waals surface area contributed by atoms with Crippen molar-refractivity contribution in [1.29, 1.82) is 0 Å². The first-order valence-electron chi connectivity index (χ1n) is 12.6. The van der Waals surface area contributed by atoms with Gasteiger partial charge in [0.1, 0.15) is 5.75 Å². The highest BCUT2D eigenvalue weighted by molar-refractivity contribution is 6.06. The van der Waals surface area contributed by atoms with E-state index < -0.39 is 5.82 Å². The number of benzene rings is 1. The molecule has 3 aromatic rings. The fraction of sp³-hybridized carbons (Fsp3) is 0.345. The number of rotatable bonds is 5. The van der Waals surface area contributed by atoms with Gasteiger partial charge in [-0.2, -0.15) is 0 Å². The topological polar surface area (TPSA) is 109 Å². The molecular formula is C29H32FN5O4. The largest absolute Gasteiger partial charge is 0.494 e. The quantitative estimate of drug-likeness (QED) is 0.423. The number of pyridine rings is 1. The van der Waals surface area contributed by atoms with Gasteiger partial charge >= 0.3 is 0 Å². The first-order chi connectivity index (χ1) is 18.7. The van der Waals surface area contributed by atoms with E-state index in [4.69, 9.17) is 9.47 Å². The van der Waals surface area contributed by atoms with Crippen LogP contribution in [0.4, 0.5) is 15.8 Å². The molecule has 0 saturated carbocycles. The molecule has 2 aliphatic rings. The predicted molar refractivity (Wildman–Crippen MR) is 147 cm³/mol. The Balaban J connectivity index is 0.000000270. The molecule has 39 heavy (non-hydrogen) atoms. The standard InChI is InChI=1S/C20H19FN4O3.C9H13NO/c1-27-15-10-22-8-6-11(15)17-18(16-13(24-17)7-9-23-20(16)26)25-14-5-3-4-12(21)19(14)28-2;1-4-5-8(11)10-7-6-9(10,2)3/h3-6,8,10,24-25H,7,9H2,1-2H3,(H,23,26);6-7H2,1-3H3. The van der Waals surface area contributed by atoms with Gasteiger partial charge in [0.05, 0.1) is 43.0 Å². The lowest BCUT2D eigenvalue weighted by Crippen LogP contribution is -2.58.